The lowest BCUT2D eigenvalue weighted by Gasteiger charge is -2.34. The van der Waals surface area contributed by atoms with E-state index in [0.29, 0.717) is 74.2 Å². The van der Waals surface area contributed by atoms with Gasteiger partial charge in [-0.2, -0.15) is 0 Å². The summed E-state index contributed by atoms with van der Waals surface area (Å²) in [5, 5.41) is 20.9. The summed E-state index contributed by atoms with van der Waals surface area (Å²) in [6.07, 6.45) is 9.50. The number of hydrogen-bond acceptors (Lipinski definition) is 10. The molecule has 1 aromatic rings. The molecule has 14 nitrogen and oxygen atoms in total. The standard InChI is InChI=1S/C56H84N6O8/c1-15-19-23-37(69-53(67)57-17-3)25-21-27-47(63)59-43-31-45-41(55(11,12)35(9)61(45)33(5)6)29-39(43)49-51(65)50(52(49)66)40-30-42-46(62(34(7)8)36(10)56(42,13)14)32-44(40)60-48(64)28-22-26-38(24-20-16-2)70-54(68)58-18-4/h29-38,65H,15-28H2,1-14H3,(H,57,67)(H,58,68)(H,59,63)/b50-40-,60-44?. The molecule has 0 radical (unpaired) electrons. The Kier molecular flexibility index (Phi) is 18.8. The molecule has 2 aliphatic heterocycles. The summed E-state index contributed by atoms with van der Waals surface area (Å²) in [4.78, 5) is 76.7. The third-order valence-corrected chi connectivity index (χ3v) is 15.0. The van der Waals surface area contributed by atoms with E-state index < -0.39 is 18.0 Å². The summed E-state index contributed by atoms with van der Waals surface area (Å²) in [6.45, 7) is 30.3. The molecule has 4 N–H and O–H groups in total. The summed E-state index contributed by atoms with van der Waals surface area (Å²) in [5.41, 5.74) is 4.86. The molecule has 0 spiro atoms. The number of carbonyl (C=O) groups excluding carboxylic acids is 5. The highest BCUT2D eigenvalue weighted by atomic mass is 16.6. The van der Waals surface area contributed by atoms with Gasteiger partial charge >= 0.3 is 12.2 Å². The molecule has 5 rings (SSSR count). The van der Waals surface area contributed by atoms with Crippen LogP contribution in [0.4, 0.5) is 21.0 Å². The van der Waals surface area contributed by atoms with Crippen LogP contribution in [0, 0.1) is 5.41 Å². The predicted molar refractivity (Wildman–Crippen MR) is 280 cm³/mol. The van der Waals surface area contributed by atoms with Gasteiger partial charge in [-0.25, -0.2) is 14.6 Å². The van der Waals surface area contributed by atoms with Crippen LogP contribution in [0.5, 0.6) is 0 Å². The fraction of sp³-hybridized carbons (Fsp3) is 0.643. The lowest BCUT2D eigenvalue weighted by molar-refractivity contribution is -0.118. The van der Waals surface area contributed by atoms with Crippen molar-refractivity contribution in [3.8, 4) is 0 Å². The maximum atomic E-state index is 15.0. The van der Waals surface area contributed by atoms with Crippen LogP contribution in [0.15, 0.2) is 57.5 Å². The third-order valence-electron chi connectivity index (χ3n) is 15.0. The number of aliphatic imine (C=N–C) groups is 1. The largest absolute Gasteiger partial charge is 0.506 e. The van der Waals surface area contributed by atoms with Crippen LogP contribution in [-0.2, 0) is 29.3 Å². The quantitative estimate of drug-likeness (QED) is 0.0817. The van der Waals surface area contributed by atoms with E-state index >= 15 is 0 Å². The molecule has 1 aromatic carbocycles. The van der Waals surface area contributed by atoms with Crippen LogP contribution in [0.3, 0.4) is 0 Å². The first-order valence-electron chi connectivity index (χ1n) is 26.3. The number of aliphatic hydroxyl groups is 1. The Bertz CT molecular complexity index is 2300. The molecule has 1 fully saturated rings. The van der Waals surface area contributed by atoms with Crippen LogP contribution in [0.1, 0.15) is 185 Å². The maximum absolute atomic E-state index is 15.0. The van der Waals surface area contributed by atoms with E-state index in [4.69, 9.17) is 9.47 Å². The second-order valence-corrected chi connectivity index (χ2v) is 21.3. The van der Waals surface area contributed by atoms with E-state index in [1.54, 1.807) is 0 Å². The molecule has 0 aromatic heterocycles. The molecule has 1 saturated heterocycles. The highest BCUT2D eigenvalue weighted by molar-refractivity contribution is 6.42. The fourth-order valence-electron chi connectivity index (χ4n) is 10.6. The summed E-state index contributed by atoms with van der Waals surface area (Å²) >= 11 is 0. The number of amides is 4. The Morgan fingerprint density at radius 2 is 1.26 bits per heavy atom. The number of rotatable bonds is 22. The summed E-state index contributed by atoms with van der Waals surface area (Å²) in [6, 6.07) is 4.33. The Morgan fingerprint density at radius 1 is 0.729 bits per heavy atom. The van der Waals surface area contributed by atoms with Gasteiger partial charge in [0.1, 0.15) is 18.0 Å². The fourth-order valence-corrected chi connectivity index (χ4v) is 10.6. The number of nitrogens with one attached hydrogen (secondary N) is 3. The van der Waals surface area contributed by atoms with Gasteiger partial charge in [0.15, 0.2) is 0 Å². The van der Waals surface area contributed by atoms with Crippen molar-refractivity contribution in [3.63, 3.8) is 0 Å². The van der Waals surface area contributed by atoms with E-state index in [2.05, 4.69) is 114 Å². The number of benzene rings is 1. The van der Waals surface area contributed by atoms with Crippen molar-refractivity contribution in [2.75, 3.05) is 23.3 Å². The van der Waals surface area contributed by atoms with E-state index in [0.717, 1.165) is 48.2 Å². The Hall–Kier alpha value is -5.40. The van der Waals surface area contributed by atoms with E-state index in [1.807, 2.05) is 38.1 Å². The number of ketones is 1. The maximum Gasteiger partial charge on any atom is 0.407 e. The van der Waals surface area contributed by atoms with Crippen LogP contribution < -0.4 is 20.9 Å². The molecule has 0 saturated carbocycles. The van der Waals surface area contributed by atoms with Gasteiger partial charge in [0.25, 0.3) is 0 Å². The minimum absolute atomic E-state index is 0.0743. The molecular weight excluding hydrogens is 885 g/mol. The first-order valence-corrected chi connectivity index (χ1v) is 26.3. The van der Waals surface area contributed by atoms with E-state index in [9.17, 15) is 29.1 Å². The monoisotopic (exact) mass is 969 g/mol. The first-order chi connectivity index (χ1) is 33.0. The van der Waals surface area contributed by atoms with Gasteiger partial charge in [0.2, 0.25) is 17.6 Å². The average molecular weight is 969 g/mol. The molecule has 14 heteroatoms. The molecular formula is C56H84N6O8. The predicted octanol–water partition coefficient (Wildman–Crippen LogP) is 11.5. The van der Waals surface area contributed by atoms with Gasteiger partial charge < -0.3 is 40.3 Å². The number of fused-ring (bicyclic) bond motifs is 2. The molecule has 4 unspecified atom stereocenters. The number of ether oxygens (including phenoxy) is 2. The second-order valence-electron chi connectivity index (χ2n) is 21.3. The highest BCUT2D eigenvalue weighted by Gasteiger charge is 2.49. The Morgan fingerprint density at radius 3 is 1.77 bits per heavy atom. The molecule has 2 heterocycles. The van der Waals surface area contributed by atoms with Gasteiger partial charge in [0.05, 0.1) is 22.5 Å². The number of anilines is 2. The van der Waals surface area contributed by atoms with Crippen LogP contribution >= 0.6 is 0 Å². The number of nitrogens with zero attached hydrogens (tertiary/aromatic N) is 3. The molecule has 70 heavy (non-hydrogen) atoms. The van der Waals surface area contributed by atoms with Gasteiger partial charge in [0, 0.05) is 83.4 Å². The number of unbranched alkanes of at least 4 members (excludes halogenated alkanes) is 2. The number of allylic oxidation sites excluding steroid dienone is 6. The summed E-state index contributed by atoms with van der Waals surface area (Å²) < 4.78 is 11.4. The summed E-state index contributed by atoms with van der Waals surface area (Å²) in [7, 11) is 0. The minimum Gasteiger partial charge on any atom is -0.506 e. The molecule has 386 valence electrons. The molecule has 4 aliphatic rings. The van der Waals surface area contributed by atoms with E-state index in [1.165, 1.54) is 0 Å². The molecule has 4 amide bonds. The lowest BCUT2D eigenvalue weighted by Crippen LogP contribution is -2.42. The zero-order chi connectivity index (χ0) is 51.8. The lowest BCUT2D eigenvalue weighted by atomic mass is 9.73. The third kappa shape index (κ3) is 12.0. The van der Waals surface area contributed by atoms with Gasteiger partial charge in [-0.05, 0) is 129 Å². The smallest absolute Gasteiger partial charge is 0.407 e. The Labute approximate surface area is 418 Å². The van der Waals surface area contributed by atoms with Gasteiger partial charge in [-0.15, -0.1) is 0 Å². The van der Waals surface area contributed by atoms with Crippen molar-refractivity contribution in [1.29, 1.82) is 0 Å². The van der Waals surface area contributed by atoms with Crippen molar-refractivity contribution in [1.82, 2.24) is 15.5 Å². The highest BCUT2D eigenvalue weighted by Crippen LogP contribution is 2.53. The number of carbonyl (C=O) groups is 5. The van der Waals surface area contributed by atoms with Crippen LogP contribution in [0.25, 0.3) is 5.57 Å². The van der Waals surface area contributed by atoms with Crippen molar-refractivity contribution in [2.24, 2.45) is 10.4 Å². The van der Waals surface area contributed by atoms with Crippen LogP contribution in [0.2, 0.25) is 0 Å². The average Bonchev–Trinajstić information content (AvgIpc) is 3.60. The van der Waals surface area contributed by atoms with E-state index in [-0.39, 0.29) is 88.8 Å². The molecule has 0 bridgehead atoms. The topological polar surface area (TPSA) is 179 Å². The second kappa shape index (κ2) is 23.7. The van der Waals surface area contributed by atoms with Gasteiger partial charge in [-0.1, -0.05) is 67.2 Å². The zero-order valence-corrected chi connectivity index (χ0v) is 44.8. The normalized spacial score (nSPS) is 21.5. The molecule has 2 aliphatic carbocycles. The Balaban J connectivity index is 1.57. The number of alkyl carbamates (subject to hydrolysis) is 2. The SMILES string of the molecule is CCCCC(CCCC(=O)N=C1C=C2C(=C/C1=C1/C(=O)C(c3cc4c(cc3NC(=O)CCCC(CCCC)OC(=O)NCC)N(C(C)C)C(C)C4(C)C)=C1O)C(C)(C)C(C)N2C(C)C)OC(=O)NCC. The number of likely N-dealkylation sites (tertiary alicyclic amines) is 1. The first kappa shape index (κ1) is 55.5. The van der Waals surface area contributed by atoms with Crippen molar-refractivity contribution in [2.45, 2.75) is 216 Å². The number of aliphatic hydroxyl groups excluding tert-OH is 1. The number of Topliss-reactive ketones (excluding diaryl/α,β-unsaturated/α-hetero) is 1. The zero-order valence-electron chi connectivity index (χ0n) is 44.8. The van der Waals surface area contributed by atoms with Crippen LogP contribution in [-0.4, -0.2) is 95.0 Å². The van der Waals surface area contributed by atoms with Crippen molar-refractivity contribution < 1.29 is 38.6 Å². The molecule has 4 atom stereocenters. The van der Waals surface area contributed by atoms with Crippen molar-refractivity contribution >= 4 is 52.4 Å². The van der Waals surface area contributed by atoms with Crippen molar-refractivity contribution in [3.05, 3.63) is 63.6 Å². The summed E-state index contributed by atoms with van der Waals surface area (Å²) in [5.74, 6) is -1.27. The van der Waals surface area contributed by atoms with Gasteiger partial charge in [-0.3, -0.25) is 14.4 Å². The number of hydrogen-bond donors (Lipinski definition) is 4. The minimum atomic E-state index is -0.471.